The highest BCUT2D eigenvalue weighted by Crippen LogP contribution is 2.24. The average Bonchev–Trinajstić information content (AvgIpc) is 2.88. The summed E-state index contributed by atoms with van der Waals surface area (Å²) in [6.07, 6.45) is 1.64. The quantitative estimate of drug-likeness (QED) is 0.604. The minimum Gasteiger partial charge on any atom is -0.402 e. The van der Waals surface area contributed by atoms with Crippen LogP contribution >= 0.6 is 0 Å². The Kier molecular flexibility index (Phi) is 4.06. The van der Waals surface area contributed by atoms with Gasteiger partial charge in [0.15, 0.2) is 5.70 Å². The first-order valence-corrected chi connectivity index (χ1v) is 7.72. The molecule has 0 saturated heterocycles. The van der Waals surface area contributed by atoms with Gasteiger partial charge >= 0.3 is 5.97 Å². The first-order chi connectivity index (χ1) is 11.3. The number of hydrogen-bond acceptors (Lipinski definition) is 3. The van der Waals surface area contributed by atoms with Gasteiger partial charge in [0.1, 0.15) is 5.82 Å². The van der Waals surface area contributed by atoms with E-state index in [1.807, 2.05) is 24.3 Å². The second-order valence-corrected chi connectivity index (χ2v) is 6.69. The summed E-state index contributed by atoms with van der Waals surface area (Å²) in [5.74, 6) is -1.05. The molecule has 0 bridgehead atoms. The molecule has 0 atom stereocenters. The smallest absolute Gasteiger partial charge is 0.363 e. The fourth-order valence-electron chi connectivity index (χ4n) is 2.40. The number of halogens is 1. The van der Waals surface area contributed by atoms with Crippen LogP contribution in [-0.4, -0.2) is 11.9 Å². The van der Waals surface area contributed by atoms with Crippen molar-refractivity contribution in [3.05, 3.63) is 76.7 Å². The van der Waals surface area contributed by atoms with Gasteiger partial charge in [0.25, 0.3) is 0 Å². The summed E-state index contributed by atoms with van der Waals surface area (Å²) in [5.41, 5.74) is 2.45. The third kappa shape index (κ3) is 3.27. The van der Waals surface area contributed by atoms with Crippen LogP contribution in [0.1, 0.15) is 37.5 Å². The van der Waals surface area contributed by atoms with Crippen molar-refractivity contribution in [2.24, 2.45) is 4.99 Å². The number of carbonyl (C=O) groups is 1. The van der Waals surface area contributed by atoms with Gasteiger partial charge in [-0.3, -0.25) is 0 Å². The van der Waals surface area contributed by atoms with Crippen molar-refractivity contribution in [2.45, 2.75) is 26.2 Å². The summed E-state index contributed by atoms with van der Waals surface area (Å²) in [4.78, 5) is 16.1. The molecule has 0 amide bonds. The van der Waals surface area contributed by atoms with E-state index in [0.29, 0.717) is 0 Å². The maximum Gasteiger partial charge on any atom is 0.363 e. The van der Waals surface area contributed by atoms with E-state index in [9.17, 15) is 9.18 Å². The van der Waals surface area contributed by atoms with Crippen molar-refractivity contribution in [1.29, 1.82) is 0 Å². The third-order valence-electron chi connectivity index (χ3n) is 3.80. The molecule has 0 spiro atoms. The van der Waals surface area contributed by atoms with E-state index in [4.69, 9.17) is 4.74 Å². The van der Waals surface area contributed by atoms with Crippen LogP contribution in [0.25, 0.3) is 6.08 Å². The van der Waals surface area contributed by atoms with Crippen molar-refractivity contribution < 1.29 is 13.9 Å². The van der Waals surface area contributed by atoms with Crippen LogP contribution in [0, 0.1) is 5.82 Å². The van der Waals surface area contributed by atoms with E-state index in [2.05, 4.69) is 25.8 Å². The molecular formula is C20H18FNO2. The van der Waals surface area contributed by atoms with Crippen molar-refractivity contribution in [3.8, 4) is 0 Å². The second-order valence-electron chi connectivity index (χ2n) is 6.69. The van der Waals surface area contributed by atoms with E-state index >= 15 is 0 Å². The molecule has 2 aromatic rings. The molecule has 2 aromatic carbocycles. The minimum absolute atomic E-state index is 0.00402. The Hall–Kier alpha value is -2.75. The fraction of sp³-hybridized carbons (Fsp3) is 0.200. The van der Waals surface area contributed by atoms with Crippen LogP contribution in [0.3, 0.4) is 0 Å². The lowest BCUT2D eigenvalue weighted by molar-refractivity contribution is -0.129. The molecule has 122 valence electrons. The Morgan fingerprint density at radius 2 is 1.71 bits per heavy atom. The predicted octanol–water partition coefficient (Wildman–Crippen LogP) is 4.47. The molecule has 0 aliphatic carbocycles. The molecule has 1 aliphatic rings. The Morgan fingerprint density at radius 1 is 1.04 bits per heavy atom. The number of nitrogens with zero attached hydrogens (tertiary/aromatic N) is 1. The second kappa shape index (κ2) is 6.04. The summed E-state index contributed by atoms with van der Waals surface area (Å²) < 4.78 is 18.9. The van der Waals surface area contributed by atoms with Gasteiger partial charge in [-0.25, -0.2) is 14.2 Å². The van der Waals surface area contributed by atoms with Crippen molar-refractivity contribution >= 4 is 17.9 Å². The zero-order valence-corrected chi connectivity index (χ0v) is 13.8. The number of ether oxygens (including phenoxy) is 1. The molecule has 3 nitrogen and oxygen atoms in total. The van der Waals surface area contributed by atoms with Crippen LogP contribution in [0.4, 0.5) is 4.39 Å². The van der Waals surface area contributed by atoms with Crippen LogP contribution in [-0.2, 0) is 14.9 Å². The van der Waals surface area contributed by atoms with E-state index < -0.39 is 11.8 Å². The number of cyclic esters (lactones) is 1. The molecule has 1 aliphatic heterocycles. The maximum absolute atomic E-state index is 13.8. The number of hydrogen-bond donors (Lipinski definition) is 0. The molecule has 0 unspecified atom stereocenters. The highest BCUT2D eigenvalue weighted by atomic mass is 19.1. The zero-order valence-electron chi connectivity index (χ0n) is 13.8. The number of benzene rings is 2. The maximum atomic E-state index is 13.8. The van der Waals surface area contributed by atoms with E-state index in [-0.39, 0.29) is 22.6 Å². The van der Waals surface area contributed by atoms with E-state index in [0.717, 1.165) is 5.56 Å². The van der Waals surface area contributed by atoms with Gasteiger partial charge < -0.3 is 4.74 Å². The zero-order chi connectivity index (χ0) is 17.3. The number of esters is 1. The lowest BCUT2D eigenvalue weighted by Crippen LogP contribution is -2.10. The average molecular weight is 323 g/mol. The monoisotopic (exact) mass is 323 g/mol. The highest BCUT2D eigenvalue weighted by Gasteiger charge is 2.25. The van der Waals surface area contributed by atoms with Crippen LogP contribution in [0.2, 0.25) is 0 Å². The summed E-state index contributed by atoms with van der Waals surface area (Å²) in [5, 5.41) is 0. The standard InChI is InChI=1S/C20H18FNO2/c1-20(2,3)14-10-8-13(9-11-14)12-17-19(23)24-18(22-17)15-6-4-5-7-16(15)21/h4-12H,1-3H3/b17-12+. The molecular weight excluding hydrogens is 305 g/mol. The van der Waals surface area contributed by atoms with Gasteiger partial charge in [-0.05, 0) is 34.8 Å². The minimum atomic E-state index is -0.576. The first kappa shape index (κ1) is 16.1. The molecule has 4 heteroatoms. The molecule has 1 heterocycles. The molecule has 3 rings (SSSR count). The Morgan fingerprint density at radius 3 is 2.33 bits per heavy atom. The van der Waals surface area contributed by atoms with Crippen molar-refractivity contribution in [1.82, 2.24) is 0 Å². The van der Waals surface area contributed by atoms with Crippen LogP contribution in [0.15, 0.2) is 59.2 Å². The lowest BCUT2D eigenvalue weighted by Gasteiger charge is -2.18. The Labute approximate surface area is 140 Å². The highest BCUT2D eigenvalue weighted by molar-refractivity contribution is 6.12. The van der Waals surface area contributed by atoms with Crippen molar-refractivity contribution in [2.75, 3.05) is 0 Å². The van der Waals surface area contributed by atoms with Gasteiger partial charge in [0, 0.05) is 0 Å². The van der Waals surface area contributed by atoms with Crippen LogP contribution < -0.4 is 0 Å². The van der Waals surface area contributed by atoms with Gasteiger partial charge in [-0.15, -0.1) is 0 Å². The van der Waals surface area contributed by atoms with Crippen molar-refractivity contribution in [3.63, 3.8) is 0 Å². The van der Waals surface area contributed by atoms with Gasteiger partial charge in [0.05, 0.1) is 5.56 Å². The molecule has 0 aromatic heterocycles. The molecule has 0 radical (unpaired) electrons. The summed E-state index contributed by atoms with van der Waals surface area (Å²) in [6, 6.07) is 14.0. The SMILES string of the molecule is CC(C)(C)c1ccc(/C=C2/N=C(c3ccccc3F)OC2=O)cc1. The van der Waals surface area contributed by atoms with Crippen LogP contribution in [0.5, 0.6) is 0 Å². The summed E-state index contributed by atoms with van der Waals surface area (Å²) in [7, 11) is 0. The van der Waals surface area contributed by atoms with Gasteiger partial charge in [-0.1, -0.05) is 57.2 Å². The normalized spacial score (nSPS) is 16.2. The molecule has 24 heavy (non-hydrogen) atoms. The number of aliphatic imine (C=N–C) groups is 1. The molecule has 0 N–H and O–H groups in total. The Bertz CT molecular complexity index is 843. The van der Waals surface area contributed by atoms with E-state index in [1.165, 1.54) is 17.7 Å². The first-order valence-electron chi connectivity index (χ1n) is 7.72. The number of carbonyl (C=O) groups excluding carboxylic acids is 1. The number of rotatable bonds is 2. The third-order valence-corrected chi connectivity index (χ3v) is 3.80. The topological polar surface area (TPSA) is 38.7 Å². The summed E-state index contributed by atoms with van der Waals surface area (Å²) in [6.45, 7) is 6.42. The lowest BCUT2D eigenvalue weighted by atomic mass is 9.87. The largest absolute Gasteiger partial charge is 0.402 e. The Balaban J connectivity index is 1.90. The molecule has 0 saturated carbocycles. The fourth-order valence-corrected chi connectivity index (χ4v) is 2.40. The molecule has 0 fully saturated rings. The van der Waals surface area contributed by atoms with Gasteiger partial charge in [0.2, 0.25) is 5.90 Å². The van der Waals surface area contributed by atoms with E-state index in [1.54, 1.807) is 18.2 Å². The van der Waals surface area contributed by atoms with Gasteiger partial charge in [-0.2, -0.15) is 0 Å². The predicted molar refractivity (Wildman–Crippen MR) is 92.1 cm³/mol. The summed E-state index contributed by atoms with van der Waals surface area (Å²) >= 11 is 0.